The third-order valence-corrected chi connectivity index (χ3v) is 2.79. The fraction of sp³-hybridized carbons (Fsp3) is 0.200. The molecule has 0 aliphatic heterocycles. The molecule has 0 atom stereocenters. The number of rotatable bonds is 6. The summed E-state index contributed by atoms with van der Waals surface area (Å²) in [4.78, 5) is 10.5. The summed E-state index contributed by atoms with van der Waals surface area (Å²) in [6.45, 7) is 2.38. The van der Waals surface area contributed by atoms with Crippen LogP contribution in [0.1, 0.15) is 13.3 Å². The molecule has 21 heavy (non-hydrogen) atoms. The van der Waals surface area contributed by atoms with Gasteiger partial charge in [-0.15, -0.1) is 0 Å². The highest BCUT2D eigenvalue weighted by molar-refractivity contribution is 5.67. The molecule has 0 aliphatic rings. The van der Waals surface area contributed by atoms with Gasteiger partial charge in [0, 0.05) is 29.2 Å². The molecule has 6 nitrogen and oxygen atoms in total. The number of ether oxygens (including phenoxy) is 1. The maximum absolute atomic E-state index is 11.0. The summed E-state index contributed by atoms with van der Waals surface area (Å²) in [5, 5.41) is 14.1. The van der Waals surface area contributed by atoms with Gasteiger partial charge >= 0.3 is 5.69 Å². The summed E-state index contributed by atoms with van der Waals surface area (Å²) >= 11 is 0. The maximum atomic E-state index is 11.0. The van der Waals surface area contributed by atoms with Crippen molar-refractivity contribution in [3.05, 3.63) is 52.6 Å². The molecule has 0 radical (unpaired) electrons. The molecular weight excluding hydrogens is 270 g/mol. The van der Waals surface area contributed by atoms with E-state index in [1.807, 2.05) is 19.1 Å². The van der Waals surface area contributed by atoms with Gasteiger partial charge in [0.1, 0.15) is 0 Å². The summed E-state index contributed by atoms with van der Waals surface area (Å²) in [5.41, 5.74) is 7.84. The summed E-state index contributed by atoms with van der Waals surface area (Å²) in [7, 11) is 0. The molecule has 3 N–H and O–H groups in total. The Balaban J connectivity index is 2.26. The molecule has 0 spiro atoms. The number of benzene rings is 2. The molecule has 0 fully saturated rings. The van der Waals surface area contributed by atoms with Gasteiger partial charge in [-0.25, -0.2) is 0 Å². The van der Waals surface area contributed by atoms with Crippen molar-refractivity contribution in [3.63, 3.8) is 0 Å². The molecule has 0 aliphatic carbocycles. The van der Waals surface area contributed by atoms with Crippen LogP contribution in [0.3, 0.4) is 0 Å². The Morgan fingerprint density at radius 3 is 2.67 bits per heavy atom. The van der Waals surface area contributed by atoms with Crippen LogP contribution in [0.5, 0.6) is 5.75 Å². The van der Waals surface area contributed by atoms with E-state index in [4.69, 9.17) is 10.5 Å². The van der Waals surface area contributed by atoms with Crippen molar-refractivity contribution < 1.29 is 9.66 Å². The van der Waals surface area contributed by atoms with E-state index in [-0.39, 0.29) is 11.4 Å². The minimum atomic E-state index is -0.449. The van der Waals surface area contributed by atoms with E-state index >= 15 is 0 Å². The Morgan fingerprint density at radius 2 is 2.00 bits per heavy atom. The lowest BCUT2D eigenvalue weighted by molar-refractivity contribution is -0.385. The van der Waals surface area contributed by atoms with E-state index in [1.54, 1.807) is 24.3 Å². The summed E-state index contributed by atoms with van der Waals surface area (Å²) in [6.07, 6.45) is 0.782. The van der Waals surface area contributed by atoms with Gasteiger partial charge in [0.05, 0.1) is 11.5 Å². The van der Waals surface area contributed by atoms with Gasteiger partial charge in [0.15, 0.2) is 5.75 Å². The third-order valence-electron chi connectivity index (χ3n) is 2.79. The Bertz CT molecular complexity index is 644. The van der Waals surface area contributed by atoms with E-state index in [1.165, 1.54) is 6.07 Å². The average Bonchev–Trinajstić information content (AvgIpc) is 2.45. The highest BCUT2D eigenvalue weighted by Gasteiger charge is 2.15. The second-order valence-corrected chi connectivity index (χ2v) is 4.54. The maximum Gasteiger partial charge on any atom is 0.311 e. The molecular formula is C15H17N3O3. The Labute approximate surface area is 122 Å². The minimum absolute atomic E-state index is 0.0402. The second-order valence-electron chi connectivity index (χ2n) is 4.54. The van der Waals surface area contributed by atoms with Crippen LogP contribution < -0.4 is 15.8 Å². The van der Waals surface area contributed by atoms with Gasteiger partial charge in [0.2, 0.25) is 0 Å². The zero-order valence-corrected chi connectivity index (χ0v) is 11.7. The van der Waals surface area contributed by atoms with Crippen LogP contribution in [0.15, 0.2) is 42.5 Å². The van der Waals surface area contributed by atoms with Crippen molar-refractivity contribution >= 4 is 22.7 Å². The normalized spacial score (nSPS) is 10.1. The lowest BCUT2D eigenvalue weighted by Gasteiger charge is -2.10. The van der Waals surface area contributed by atoms with Crippen LogP contribution in [0.25, 0.3) is 0 Å². The van der Waals surface area contributed by atoms with Crippen LogP contribution in [0, 0.1) is 10.1 Å². The van der Waals surface area contributed by atoms with E-state index in [9.17, 15) is 10.1 Å². The minimum Gasteiger partial charge on any atom is -0.487 e. The van der Waals surface area contributed by atoms with Crippen LogP contribution in [0.4, 0.5) is 22.7 Å². The van der Waals surface area contributed by atoms with Crippen molar-refractivity contribution in [2.75, 3.05) is 17.7 Å². The first-order chi connectivity index (χ1) is 10.1. The summed E-state index contributed by atoms with van der Waals surface area (Å²) < 4.78 is 5.44. The molecule has 110 valence electrons. The molecule has 6 heteroatoms. The van der Waals surface area contributed by atoms with Crippen molar-refractivity contribution in [1.82, 2.24) is 0 Å². The predicted octanol–water partition coefficient (Wildman–Crippen LogP) is 3.71. The topological polar surface area (TPSA) is 90.4 Å². The average molecular weight is 287 g/mol. The van der Waals surface area contributed by atoms with Gasteiger partial charge < -0.3 is 15.8 Å². The number of nitro benzene ring substituents is 1. The standard InChI is InChI=1S/C15H17N3O3/c1-2-8-21-15-10-13(6-7-14(15)18(19)20)17-12-5-3-4-11(16)9-12/h3-7,9-10,17H,2,8,16H2,1H3. The van der Waals surface area contributed by atoms with Gasteiger partial charge in [-0.1, -0.05) is 13.0 Å². The van der Waals surface area contributed by atoms with Crippen LogP contribution >= 0.6 is 0 Å². The Kier molecular flexibility index (Phi) is 4.61. The first kappa shape index (κ1) is 14.6. The van der Waals surface area contributed by atoms with E-state index in [2.05, 4.69) is 5.32 Å². The Hall–Kier alpha value is -2.76. The monoisotopic (exact) mass is 287 g/mol. The zero-order chi connectivity index (χ0) is 15.2. The van der Waals surface area contributed by atoms with E-state index in [0.29, 0.717) is 18.0 Å². The number of nitrogen functional groups attached to an aromatic ring is 1. The van der Waals surface area contributed by atoms with Gasteiger partial charge in [-0.2, -0.15) is 0 Å². The first-order valence-corrected chi connectivity index (χ1v) is 6.64. The zero-order valence-electron chi connectivity index (χ0n) is 11.7. The van der Waals surface area contributed by atoms with Crippen molar-refractivity contribution in [1.29, 1.82) is 0 Å². The largest absolute Gasteiger partial charge is 0.487 e. The molecule has 2 aromatic rings. The van der Waals surface area contributed by atoms with E-state index in [0.717, 1.165) is 12.1 Å². The van der Waals surface area contributed by atoms with Crippen molar-refractivity contribution in [2.45, 2.75) is 13.3 Å². The smallest absolute Gasteiger partial charge is 0.311 e. The molecule has 2 aromatic carbocycles. The first-order valence-electron chi connectivity index (χ1n) is 6.64. The fourth-order valence-electron chi connectivity index (χ4n) is 1.85. The predicted molar refractivity (Wildman–Crippen MR) is 83.0 cm³/mol. The van der Waals surface area contributed by atoms with Crippen LogP contribution in [-0.4, -0.2) is 11.5 Å². The summed E-state index contributed by atoms with van der Waals surface area (Å²) in [6, 6.07) is 12.0. The number of nitrogens with two attached hydrogens (primary N) is 1. The highest BCUT2D eigenvalue weighted by Crippen LogP contribution is 2.31. The van der Waals surface area contributed by atoms with Gasteiger partial charge in [-0.05, 0) is 30.7 Å². The van der Waals surface area contributed by atoms with Crippen LogP contribution in [0.2, 0.25) is 0 Å². The summed E-state index contributed by atoms with van der Waals surface area (Å²) in [5.74, 6) is 0.260. The number of nitrogens with one attached hydrogen (secondary N) is 1. The number of nitro groups is 1. The van der Waals surface area contributed by atoms with Crippen molar-refractivity contribution in [2.24, 2.45) is 0 Å². The molecule has 0 aromatic heterocycles. The number of hydrogen-bond acceptors (Lipinski definition) is 5. The van der Waals surface area contributed by atoms with Crippen LogP contribution in [-0.2, 0) is 0 Å². The molecule has 0 saturated carbocycles. The van der Waals surface area contributed by atoms with E-state index < -0.39 is 4.92 Å². The fourth-order valence-corrected chi connectivity index (χ4v) is 1.85. The highest BCUT2D eigenvalue weighted by atomic mass is 16.6. The number of anilines is 3. The molecule has 0 unspecified atom stereocenters. The molecule has 0 heterocycles. The van der Waals surface area contributed by atoms with Crippen molar-refractivity contribution in [3.8, 4) is 5.75 Å². The van der Waals surface area contributed by atoms with Gasteiger partial charge in [-0.3, -0.25) is 10.1 Å². The number of nitrogens with zero attached hydrogens (tertiary/aromatic N) is 1. The quantitative estimate of drug-likeness (QED) is 0.480. The molecule has 0 bridgehead atoms. The lowest BCUT2D eigenvalue weighted by atomic mass is 10.2. The Morgan fingerprint density at radius 1 is 1.24 bits per heavy atom. The number of hydrogen-bond donors (Lipinski definition) is 2. The molecule has 2 rings (SSSR count). The lowest BCUT2D eigenvalue weighted by Crippen LogP contribution is -2.00. The molecule has 0 saturated heterocycles. The third kappa shape index (κ3) is 3.85. The molecule has 0 amide bonds. The van der Waals surface area contributed by atoms with Gasteiger partial charge in [0.25, 0.3) is 0 Å². The SMILES string of the molecule is CCCOc1cc(Nc2cccc(N)c2)ccc1[N+](=O)[O-]. The second kappa shape index (κ2) is 6.60.